The Kier molecular flexibility index (Phi) is 5.09. The van der Waals surface area contributed by atoms with E-state index in [-0.39, 0.29) is 34.1 Å². The molecular weight excluding hydrogens is 393 g/mol. The molecule has 4 rings (SSSR count). The van der Waals surface area contributed by atoms with Crippen molar-refractivity contribution < 1.29 is 17.2 Å². The third kappa shape index (κ3) is 4.02. The lowest BCUT2D eigenvalue weighted by Crippen LogP contribution is -2.07. The third-order valence-corrected chi connectivity index (χ3v) is 5.86. The number of pyridine rings is 1. The van der Waals surface area contributed by atoms with Crippen LogP contribution in [0.1, 0.15) is 5.56 Å². The van der Waals surface area contributed by atoms with Crippen LogP contribution in [0.4, 0.5) is 10.3 Å². The van der Waals surface area contributed by atoms with Crippen LogP contribution >= 0.6 is 0 Å². The molecule has 1 N–H and O–H groups in total. The molecule has 0 bridgehead atoms. The van der Waals surface area contributed by atoms with Crippen molar-refractivity contribution in [3.8, 4) is 11.5 Å². The zero-order valence-electron chi connectivity index (χ0n) is 15.1. The lowest BCUT2D eigenvalue weighted by Gasteiger charge is -2.06. The Labute approximate surface area is 167 Å². The van der Waals surface area contributed by atoms with Gasteiger partial charge in [0.15, 0.2) is 0 Å². The number of halogens is 1. The summed E-state index contributed by atoms with van der Waals surface area (Å²) in [7, 11) is -3.92. The predicted octanol–water partition coefficient (Wildman–Crippen LogP) is 4.32. The van der Waals surface area contributed by atoms with E-state index in [4.69, 9.17) is 4.42 Å². The van der Waals surface area contributed by atoms with E-state index in [1.165, 1.54) is 30.5 Å². The van der Waals surface area contributed by atoms with Crippen LogP contribution in [0, 0.1) is 5.82 Å². The molecule has 0 radical (unpaired) electrons. The highest BCUT2D eigenvalue weighted by atomic mass is 32.2. The highest BCUT2D eigenvalue weighted by molar-refractivity contribution is 7.91. The third-order valence-electron chi connectivity index (χ3n) is 4.18. The standard InChI is InChI=1S/C21H16FN3O3S/c22-17-10-8-15(9-11-17)13-24-20-21(29(26,27)18-6-2-1-3-7-18)25-19(28-20)16-5-4-12-23-14-16/h1-12,14,24H,13H2. The fourth-order valence-electron chi connectivity index (χ4n) is 2.71. The van der Waals surface area contributed by atoms with Gasteiger partial charge in [-0.15, -0.1) is 0 Å². The van der Waals surface area contributed by atoms with Gasteiger partial charge in [-0.1, -0.05) is 30.3 Å². The fourth-order valence-corrected chi connectivity index (χ4v) is 4.01. The molecule has 8 heteroatoms. The first-order valence-electron chi connectivity index (χ1n) is 8.74. The monoisotopic (exact) mass is 409 g/mol. The van der Waals surface area contributed by atoms with Crippen molar-refractivity contribution in [3.05, 3.63) is 90.5 Å². The van der Waals surface area contributed by atoms with Crippen molar-refractivity contribution in [1.29, 1.82) is 0 Å². The van der Waals surface area contributed by atoms with Crippen LogP contribution in [0.5, 0.6) is 0 Å². The second-order valence-electron chi connectivity index (χ2n) is 6.19. The largest absolute Gasteiger partial charge is 0.419 e. The van der Waals surface area contributed by atoms with Crippen LogP contribution in [0.2, 0.25) is 0 Å². The molecule has 0 fully saturated rings. The van der Waals surface area contributed by atoms with Gasteiger partial charge in [0.1, 0.15) is 5.82 Å². The number of hydrogen-bond acceptors (Lipinski definition) is 6. The van der Waals surface area contributed by atoms with Gasteiger partial charge in [-0.05, 0) is 42.0 Å². The Morgan fingerprint density at radius 1 is 0.966 bits per heavy atom. The number of rotatable bonds is 6. The second-order valence-corrected chi connectivity index (χ2v) is 8.06. The summed E-state index contributed by atoms with van der Waals surface area (Å²) in [6.07, 6.45) is 3.14. The molecule has 2 heterocycles. The summed E-state index contributed by atoms with van der Waals surface area (Å²) >= 11 is 0. The van der Waals surface area contributed by atoms with Gasteiger partial charge in [0.05, 0.1) is 10.5 Å². The first-order valence-corrected chi connectivity index (χ1v) is 10.2. The van der Waals surface area contributed by atoms with Gasteiger partial charge < -0.3 is 9.73 Å². The molecule has 0 aliphatic carbocycles. The number of sulfone groups is 1. The highest BCUT2D eigenvalue weighted by Crippen LogP contribution is 2.32. The van der Waals surface area contributed by atoms with Crippen molar-refractivity contribution in [2.45, 2.75) is 16.5 Å². The first kappa shape index (κ1) is 18.8. The van der Waals surface area contributed by atoms with Gasteiger partial charge in [0.2, 0.25) is 26.6 Å². The first-order chi connectivity index (χ1) is 14.0. The summed E-state index contributed by atoms with van der Waals surface area (Å²) in [6.45, 7) is 0.235. The van der Waals surface area contributed by atoms with Crippen LogP contribution in [-0.4, -0.2) is 18.4 Å². The number of nitrogens with one attached hydrogen (secondary N) is 1. The van der Waals surface area contributed by atoms with Crippen molar-refractivity contribution in [2.24, 2.45) is 0 Å². The number of benzene rings is 2. The molecule has 0 saturated heterocycles. The summed E-state index contributed by atoms with van der Waals surface area (Å²) in [6, 6.07) is 17.3. The topological polar surface area (TPSA) is 85.1 Å². The van der Waals surface area contributed by atoms with Gasteiger partial charge in [-0.25, -0.2) is 12.8 Å². The average molecular weight is 409 g/mol. The summed E-state index contributed by atoms with van der Waals surface area (Å²) in [5, 5.41) is 2.75. The van der Waals surface area contributed by atoms with Gasteiger partial charge in [-0.3, -0.25) is 4.98 Å². The minimum Gasteiger partial charge on any atom is -0.419 e. The van der Waals surface area contributed by atoms with E-state index in [2.05, 4.69) is 15.3 Å². The van der Waals surface area contributed by atoms with Crippen LogP contribution < -0.4 is 5.32 Å². The van der Waals surface area contributed by atoms with Crippen LogP contribution in [-0.2, 0) is 16.4 Å². The van der Waals surface area contributed by atoms with Gasteiger partial charge in [-0.2, -0.15) is 4.98 Å². The molecule has 0 aliphatic heterocycles. The molecule has 4 aromatic rings. The predicted molar refractivity (Wildman–Crippen MR) is 105 cm³/mol. The Bertz CT molecular complexity index is 1210. The maximum absolute atomic E-state index is 13.1. The SMILES string of the molecule is O=S(=O)(c1ccccc1)c1nc(-c2cccnc2)oc1NCc1ccc(F)cc1. The van der Waals surface area contributed by atoms with Crippen molar-refractivity contribution in [3.63, 3.8) is 0 Å². The minimum absolute atomic E-state index is 0.0111. The number of hydrogen-bond donors (Lipinski definition) is 1. The summed E-state index contributed by atoms with van der Waals surface area (Å²) in [5.74, 6) is -0.203. The van der Waals surface area contributed by atoms with Crippen LogP contribution in [0.15, 0.2) is 93.5 Å². The fraction of sp³-hybridized carbons (Fsp3) is 0.0476. The van der Waals surface area contributed by atoms with E-state index in [0.717, 1.165) is 5.56 Å². The molecule has 2 aromatic carbocycles. The van der Waals surface area contributed by atoms with Gasteiger partial charge in [0, 0.05) is 18.9 Å². The number of aromatic nitrogens is 2. The average Bonchev–Trinajstić information content (AvgIpc) is 3.20. The molecule has 0 saturated carbocycles. The molecule has 146 valence electrons. The molecule has 29 heavy (non-hydrogen) atoms. The molecule has 0 aliphatic rings. The molecule has 6 nitrogen and oxygen atoms in total. The minimum atomic E-state index is -3.92. The van der Waals surface area contributed by atoms with Crippen LogP contribution in [0.3, 0.4) is 0 Å². The lowest BCUT2D eigenvalue weighted by molar-refractivity contribution is 0.576. The molecule has 0 spiro atoms. The second kappa shape index (κ2) is 7.84. The normalized spacial score (nSPS) is 11.3. The highest BCUT2D eigenvalue weighted by Gasteiger charge is 2.28. The number of nitrogens with zero attached hydrogens (tertiary/aromatic N) is 2. The maximum atomic E-state index is 13.1. The van der Waals surface area contributed by atoms with E-state index >= 15 is 0 Å². The van der Waals surface area contributed by atoms with Gasteiger partial charge >= 0.3 is 0 Å². The number of oxazole rings is 1. The molecule has 0 atom stereocenters. The van der Waals surface area contributed by atoms with Crippen molar-refractivity contribution in [1.82, 2.24) is 9.97 Å². The Morgan fingerprint density at radius 2 is 1.72 bits per heavy atom. The lowest BCUT2D eigenvalue weighted by atomic mass is 10.2. The van der Waals surface area contributed by atoms with Crippen molar-refractivity contribution in [2.75, 3.05) is 5.32 Å². The smallest absolute Gasteiger partial charge is 0.234 e. The maximum Gasteiger partial charge on any atom is 0.234 e. The molecular formula is C21H16FN3O3S. The number of anilines is 1. The quantitative estimate of drug-likeness (QED) is 0.510. The van der Waals surface area contributed by atoms with Crippen LogP contribution in [0.25, 0.3) is 11.5 Å². The van der Waals surface area contributed by atoms with E-state index in [1.54, 1.807) is 48.7 Å². The zero-order valence-corrected chi connectivity index (χ0v) is 15.9. The molecule has 0 unspecified atom stereocenters. The zero-order chi connectivity index (χ0) is 20.3. The van der Waals surface area contributed by atoms with E-state index in [0.29, 0.717) is 5.56 Å². The Hall–Kier alpha value is -3.52. The Balaban J connectivity index is 1.74. The summed E-state index contributed by atoms with van der Waals surface area (Å²) < 4.78 is 45.1. The van der Waals surface area contributed by atoms with E-state index in [9.17, 15) is 12.8 Å². The molecule has 2 aromatic heterocycles. The summed E-state index contributed by atoms with van der Waals surface area (Å²) in [4.78, 5) is 8.36. The Morgan fingerprint density at radius 3 is 2.41 bits per heavy atom. The van der Waals surface area contributed by atoms with Gasteiger partial charge in [0.25, 0.3) is 0 Å². The van der Waals surface area contributed by atoms with Crippen molar-refractivity contribution >= 4 is 15.7 Å². The summed E-state index contributed by atoms with van der Waals surface area (Å²) in [5.41, 5.74) is 1.31. The van der Waals surface area contributed by atoms with E-state index < -0.39 is 9.84 Å². The van der Waals surface area contributed by atoms with E-state index in [1.807, 2.05) is 0 Å². The molecule has 0 amide bonds.